The van der Waals surface area contributed by atoms with Gasteiger partial charge >= 0.3 is 5.97 Å². The van der Waals surface area contributed by atoms with E-state index in [1.807, 2.05) is 0 Å². The van der Waals surface area contributed by atoms with Gasteiger partial charge in [0.05, 0.1) is 5.41 Å². The van der Waals surface area contributed by atoms with Crippen LogP contribution in [0.4, 0.5) is 0 Å². The number of carbonyl (C=O) groups is 1. The SMILES string of the molecule is CC(C)CC(CN)(CC1CC1)C(=O)O. The smallest absolute Gasteiger partial charge is 0.310 e. The lowest BCUT2D eigenvalue weighted by Crippen LogP contribution is -2.40. The highest BCUT2D eigenvalue weighted by Crippen LogP contribution is 2.43. The average Bonchev–Trinajstić information content (AvgIpc) is 2.85. The molecule has 1 rings (SSSR count). The summed E-state index contributed by atoms with van der Waals surface area (Å²) in [5.74, 6) is 0.308. The predicted molar refractivity (Wildman–Crippen MR) is 55.9 cm³/mol. The van der Waals surface area contributed by atoms with Crippen molar-refractivity contribution in [1.29, 1.82) is 0 Å². The second-order valence-corrected chi connectivity index (χ2v) is 5.04. The normalized spacial score (nSPS) is 20.9. The van der Waals surface area contributed by atoms with Gasteiger partial charge in [-0.2, -0.15) is 0 Å². The molecule has 0 radical (unpaired) electrons. The Bertz CT molecular complexity index is 205. The number of carboxylic acids is 1. The Morgan fingerprint density at radius 2 is 2.14 bits per heavy atom. The molecular weight excluding hydrogens is 178 g/mol. The van der Waals surface area contributed by atoms with E-state index in [9.17, 15) is 9.90 Å². The maximum absolute atomic E-state index is 11.3. The topological polar surface area (TPSA) is 63.3 Å². The fourth-order valence-corrected chi connectivity index (χ4v) is 2.17. The molecular formula is C11H21NO2. The molecule has 1 atom stereocenters. The molecule has 3 heteroatoms. The molecule has 1 fully saturated rings. The maximum atomic E-state index is 11.3. The van der Waals surface area contributed by atoms with Crippen molar-refractivity contribution >= 4 is 5.97 Å². The highest BCUT2D eigenvalue weighted by molar-refractivity contribution is 5.75. The van der Waals surface area contributed by atoms with Crippen molar-refractivity contribution in [2.75, 3.05) is 6.54 Å². The predicted octanol–water partition coefficient (Wildman–Crippen LogP) is 1.86. The molecule has 0 aliphatic heterocycles. The third kappa shape index (κ3) is 2.71. The van der Waals surface area contributed by atoms with Crippen LogP contribution in [-0.2, 0) is 4.79 Å². The van der Waals surface area contributed by atoms with E-state index < -0.39 is 11.4 Å². The molecule has 1 unspecified atom stereocenters. The van der Waals surface area contributed by atoms with Crippen LogP contribution in [0.2, 0.25) is 0 Å². The van der Waals surface area contributed by atoms with Crippen molar-refractivity contribution in [1.82, 2.24) is 0 Å². The van der Waals surface area contributed by atoms with Crippen LogP contribution >= 0.6 is 0 Å². The highest BCUT2D eigenvalue weighted by Gasteiger charge is 2.42. The van der Waals surface area contributed by atoms with Gasteiger partial charge in [-0.25, -0.2) is 0 Å². The fraction of sp³-hybridized carbons (Fsp3) is 0.909. The van der Waals surface area contributed by atoms with E-state index in [2.05, 4.69) is 13.8 Å². The molecule has 0 aromatic heterocycles. The second kappa shape index (κ2) is 4.30. The minimum Gasteiger partial charge on any atom is -0.481 e. The molecule has 0 saturated heterocycles. The summed E-state index contributed by atoms with van der Waals surface area (Å²) in [5.41, 5.74) is 4.99. The van der Waals surface area contributed by atoms with Gasteiger partial charge in [-0.3, -0.25) is 4.79 Å². The molecule has 1 aliphatic carbocycles. The van der Waals surface area contributed by atoms with Gasteiger partial charge in [-0.15, -0.1) is 0 Å². The number of aliphatic carboxylic acids is 1. The Labute approximate surface area is 85.7 Å². The Balaban J connectivity index is 2.67. The number of hydrogen-bond acceptors (Lipinski definition) is 2. The van der Waals surface area contributed by atoms with Gasteiger partial charge < -0.3 is 10.8 Å². The molecule has 0 aromatic carbocycles. The number of carboxylic acid groups (broad SMARTS) is 1. The summed E-state index contributed by atoms with van der Waals surface area (Å²) in [6.45, 7) is 4.39. The largest absolute Gasteiger partial charge is 0.481 e. The lowest BCUT2D eigenvalue weighted by atomic mass is 9.76. The van der Waals surface area contributed by atoms with Gasteiger partial charge in [0.2, 0.25) is 0 Å². The zero-order valence-electron chi connectivity index (χ0n) is 9.12. The van der Waals surface area contributed by atoms with Gasteiger partial charge in [-0.1, -0.05) is 26.7 Å². The average molecular weight is 199 g/mol. The molecule has 0 aromatic rings. The van der Waals surface area contributed by atoms with Gasteiger partial charge in [0.15, 0.2) is 0 Å². The Hall–Kier alpha value is -0.570. The van der Waals surface area contributed by atoms with Crippen LogP contribution in [0.25, 0.3) is 0 Å². The van der Waals surface area contributed by atoms with E-state index in [0.717, 1.165) is 6.42 Å². The standard InChI is InChI=1S/C11H21NO2/c1-8(2)5-11(7-12,10(13)14)6-9-3-4-9/h8-9H,3-7,12H2,1-2H3,(H,13,14). The van der Waals surface area contributed by atoms with Crippen molar-refractivity contribution in [3.8, 4) is 0 Å². The number of nitrogens with two attached hydrogens (primary N) is 1. The zero-order valence-corrected chi connectivity index (χ0v) is 9.12. The quantitative estimate of drug-likeness (QED) is 0.686. The molecule has 0 heterocycles. The summed E-state index contributed by atoms with van der Waals surface area (Å²) >= 11 is 0. The summed E-state index contributed by atoms with van der Waals surface area (Å²) < 4.78 is 0. The van der Waals surface area contributed by atoms with Crippen LogP contribution in [0.3, 0.4) is 0 Å². The van der Waals surface area contributed by atoms with Crippen LogP contribution in [-0.4, -0.2) is 17.6 Å². The minimum absolute atomic E-state index is 0.275. The Morgan fingerprint density at radius 3 is 2.43 bits per heavy atom. The number of hydrogen-bond donors (Lipinski definition) is 2. The van der Waals surface area contributed by atoms with Crippen molar-refractivity contribution in [3.05, 3.63) is 0 Å². The fourth-order valence-electron chi connectivity index (χ4n) is 2.17. The Kier molecular flexibility index (Phi) is 3.53. The van der Waals surface area contributed by atoms with E-state index in [1.54, 1.807) is 0 Å². The lowest BCUT2D eigenvalue weighted by Gasteiger charge is -2.29. The molecule has 0 spiro atoms. The van der Waals surface area contributed by atoms with Crippen LogP contribution in [0.15, 0.2) is 0 Å². The first-order valence-corrected chi connectivity index (χ1v) is 5.43. The van der Waals surface area contributed by atoms with Gasteiger partial charge in [-0.05, 0) is 24.7 Å². The molecule has 3 nitrogen and oxygen atoms in total. The van der Waals surface area contributed by atoms with Gasteiger partial charge in [0, 0.05) is 6.54 Å². The third-order valence-corrected chi connectivity index (χ3v) is 3.02. The minimum atomic E-state index is -0.708. The van der Waals surface area contributed by atoms with E-state index in [0.29, 0.717) is 18.3 Å². The molecule has 14 heavy (non-hydrogen) atoms. The maximum Gasteiger partial charge on any atom is 0.310 e. The van der Waals surface area contributed by atoms with Crippen molar-refractivity contribution in [2.24, 2.45) is 23.0 Å². The van der Waals surface area contributed by atoms with Crippen molar-refractivity contribution < 1.29 is 9.90 Å². The van der Waals surface area contributed by atoms with E-state index in [4.69, 9.17) is 5.73 Å². The molecule has 3 N–H and O–H groups in total. The summed E-state index contributed by atoms with van der Waals surface area (Å²) in [7, 11) is 0. The molecule has 1 saturated carbocycles. The first-order valence-electron chi connectivity index (χ1n) is 5.43. The third-order valence-electron chi connectivity index (χ3n) is 3.02. The van der Waals surface area contributed by atoms with Crippen molar-refractivity contribution in [2.45, 2.75) is 39.5 Å². The van der Waals surface area contributed by atoms with Gasteiger partial charge in [0.1, 0.15) is 0 Å². The number of rotatable bonds is 6. The Morgan fingerprint density at radius 1 is 1.57 bits per heavy atom. The van der Waals surface area contributed by atoms with Crippen LogP contribution in [0, 0.1) is 17.3 Å². The second-order valence-electron chi connectivity index (χ2n) is 5.04. The van der Waals surface area contributed by atoms with Crippen molar-refractivity contribution in [3.63, 3.8) is 0 Å². The first kappa shape index (κ1) is 11.5. The van der Waals surface area contributed by atoms with Crippen LogP contribution in [0.5, 0.6) is 0 Å². The first-order chi connectivity index (χ1) is 6.50. The van der Waals surface area contributed by atoms with Gasteiger partial charge in [0.25, 0.3) is 0 Å². The molecule has 1 aliphatic rings. The highest BCUT2D eigenvalue weighted by atomic mass is 16.4. The van der Waals surface area contributed by atoms with E-state index in [1.165, 1.54) is 12.8 Å². The van der Waals surface area contributed by atoms with Crippen LogP contribution in [0.1, 0.15) is 39.5 Å². The molecule has 0 bridgehead atoms. The summed E-state index contributed by atoms with van der Waals surface area (Å²) in [6, 6.07) is 0. The lowest BCUT2D eigenvalue weighted by molar-refractivity contribution is -0.150. The summed E-state index contributed by atoms with van der Waals surface area (Å²) in [4.78, 5) is 11.3. The summed E-state index contributed by atoms with van der Waals surface area (Å²) in [6.07, 6.45) is 3.85. The van der Waals surface area contributed by atoms with E-state index in [-0.39, 0.29) is 6.54 Å². The summed E-state index contributed by atoms with van der Waals surface area (Å²) in [5, 5.41) is 9.27. The van der Waals surface area contributed by atoms with E-state index >= 15 is 0 Å². The molecule has 82 valence electrons. The monoisotopic (exact) mass is 199 g/mol. The molecule has 0 amide bonds. The zero-order chi connectivity index (χ0) is 10.8. The van der Waals surface area contributed by atoms with Crippen LogP contribution < -0.4 is 5.73 Å².